The van der Waals surface area contributed by atoms with Crippen molar-refractivity contribution in [3.05, 3.63) is 17.7 Å². The summed E-state index contributed by atoms with van der Waals surface area (Å²) in [6.07, 6.45) is 1.67. The van der Waals surface area contributed by atoms with Crippen molar-refractivity contribution in [3.8, 4) is 17.2 Å². The predicted octanol–water partition coefficient (Wildman–Crippen LogP) is 1.63. The van der Waals surface area contributed by atoms with Crippen molar-refractivity contribution >= 4 is 5.97 Å². The van der Waals surface area contributed by atoms with Gasteiger partial charge >= 0.3 is 5.97 Å². The largest absolute Gasteiger partial charge is 0.508 e. The van der Waals surface area contributed by atoms with Crippen LogP contribution in [0.2, 0.25) is 0 Å². The number of hydrogen-bond donors (Lipinski definition) is 2. The maximum Gasteiger partial charge on any atom is 0.304 e. The molecule has 90 valence electrons. The number of aliphatic carboxylic acids is 1. The fourth-order valence-electron chi connectivity index (χ4n) is 2.37. The van der Waals surface area contributed by atoms with Crippen LogP contribution in [0.1, 0.15) is 24.8 Å². The fraction of sp³-hybridized carbons (Fsp3) is 0.417. The smallest absolute Gasteiger partial charge is 0.304 e. The minimum absolute atomic E-state index is 0.0618. The number of hydrogen-bond acceptors (Lipinski definition) is 4. The number of phenolic OH excluding ortho intramolecular Hbond substituents is 1. The highest BCUT2D eigenvalue weighted by atomic mass is 16.7. The van der Waals surface area contributed by atoms with E-state index in [0.29, 0.717) is 11.5 Å². The lowest BCUT2D eigenvalue weighted by molar-refractivity contribution is -0.137. The number of ether oxygens (including phenoxy) is 2. The second-order valence-corrected chi connectivity index (χ2v) is 4.58. The zero-order valence-corrected chi connectivity index (χ0v) is 9.10. The lowest BCUT2D eigenvalue weighted by Crippen LogP contribution is -2.13. The first-order valence-electron chi connectivity index (χ1n) is 5.46. The highest BCUT2D eigenvalue weighted by Gasteiger charge is 2.49. The standard InChI is InChI=1S/C12H12O5/c13-7-3-8(11-9(4-7)16-6-17-11)12(1-2-12)5-10(14)15/h3-4,13H,1-2,5-6H2,(H,14,15). The van der Waals surface area contributed by atoms with Gasteiger partial charge in [-0.05, 0) is 18.9 Å². The molecule has 1 aromatic rings. The third kappa shape index (κ3) is 1.58. The Hall–Kier alpha value is -1.91. The molecule has 0 aromatic heterocycles. The van der Waals surface area contributed by atoms with Crippen LogP contribution in [0.3, 0.4) is 0 Å². The molecule has 5 nitrogen and oxygen atoms in total. The molecule has 0 atom stereocenters. The van der Waals surface area contributed by atoms with Gasteiger partial charge in [0.1, 0.15) is 5.75 Å². The summed E-state index contributed by atoms with van der Waals surface area (Å²) in [5.74, 6) is 0.331. The van der Waals surface area contributed by atoms with Crippen LogP contribution in [0.15, 0.2) is 12.1 Å². The van der Waals surface area contributed by atoms with Crippen molar-refractivity contribution in [1.82, 2.24) is 0 Å². The van der Waals surface area contributed by atoms with Crippen LogP contribution in [0.25, 0.3) is 0 Å². The summed E-state index contributed by atoms with van der Waals surface area (Å²) >= 11 is 0. The second kappa shape index (κ2) is 3.29. The van der Waals surface area contributed by atoms with E-state index in [1.165, 1.54) is 6.07 Å². The molecule has 0 spiro atoms. The molecule has 1 heterocycles. The molecule has 1 aliphatic carbocycles. The molecule has 0 unspecified atom stereocenters. The summed E-state index contributed by atoms with van der Waals surface area (Å²) in [6, 6.07) is 3.08. The average molecular weight is 236 g/mol. The first-order chi connectivity index (χ1) is 8.11. The van der Waals surface area contributed by atoms with Crippen LogP contribution in [-0.2, 0) is 10.2 Å². The number of phenols is 1. The van der Waals surface area contributed by atoms with E-state index in [1.54, 1.807) is 6.07 Å². The lowest BCUT2D eigenvalue weighted by Gasteiger charge is -2.15. The highest BCUT2D eigenvalue weighted by molar-refractivity contribution is 5.71. The molecule has 1 fully saturated rings. The SMILES string of the molecule is O=C(O)CC1(c2cc(O)cc3c2OCO3)CC1. The summed E-state index contributed by atoms with van der Waals surface area (Å²) in [5, 5.41) is 18.6. The van der Waals surface area contributed by atoms with Crippen LogP contribution in [0, 0.1) is 0 Å². The molecular formula is C12H12O5. The second-order valence-electron chi connectivity index (χ2n) is 4.58. The Morgan fingerprint density at radius 1 is 1.35 bits per heavy atom. The van der Waals surface area contributed by atoms with E-state index in [-0.39, 0.29) is 24.4 Å². The lowest BCUT2D eigenvalue weighted by atomic mass is 9.91. The van der Waals surface area contributed by atoms with Gasteiger partial charge < -0.3 is 19.7 Å². The molecule has 17 heavy (non-hydrogen) atoms. The van der Waals surface area contributed by atoms with Crippen LogP contribution in [-0.4, -0.2) is 23.0 Å². The number of rotatable bonds is 3. The minimum atomic E-state index is -0.835. The van der Waals surface area contributed by atoms with Crippen LogP contribution in [0.5, 0.6) is 17.2 Å². The Balaban J connectivity index is 2.06. The first kappa shape index (κ1) is 10.3. The van der Waals surface area contributed by atoms with Crippen molar-refractivity contribution in [1.29, 1.82) is 0 Å². The normalized spacial score (nSPS) is 19.1. The molecule has 3 rings (SSSR count). The summed E-state index contributed by atoms with van der Waals surface area (Å²) in [7, 11) is 0. The zero-order valence-electron chi connectivity index (χ0n) is 9.10. The highest BCUT2D eigenvalue weighted by Crippen LogP contribution is 2.57. The van der Waals surface area contributed by atoms with Gasteiger partial charge in [-0.1, -0.05) is 0 Å². The fourth-order valence-corrected chi connectivity index (χ4v) is 2.37. The minimum Gasteiger partial charge on any atom is -0.508 e. The predicted molar refractivity (Wildman–Crippen MR) is 57.4 cm³/mol. The van der Waals surface area contributed by atoms with E-state index in [4.69, 9.17) is 14.6 Å². The number of carboxylic acids is 1. The number of benzene rings is 1. The van der Waals surface area contributed by atoms with Gasteiger partial charge in [0.25, 0.3) is 0 Å². The van der Waals surface area contributed by atoms with Gasteiger partial charge in [-0.2, -0.15) is 0 Å². The van der Waals surface area contributed by atoms with Gasteiger partial charge in [0, 0.05) is 17.0 Å². The number of carbonyl (C=O) groups is 1. The van der Waals surface area contributed by atoms with Crippen LogP contribution < -0.4 is 9.47 Å². The van der Waals surface area contributed by atoms with Crippen LogP contribution >= 0.6 is 0 Å². The van der Waals surface area contributed by atoms with E-state index in [2.05, 4.69) is 0 Å². The zero-order chi connectivity index (χ0) is 12.0. The van der Waals surface area contributed by atoms with Gasteiger partial charge in [0.05, 0.1) is 6.42 Å². The summed E-state index contributed by atoms with van der Waals surface area (Å²) < 4.78 is 10.6. The molecule has 2 aliphatic rings. The van der Waals surface area contributed by atoms with Crippen molar-refractivity contribution in [2.45, 2.75) is 24.7 Å². The van der Waals surface area contributed by atoms with E-state index < -0.39 is 5.97 Å². The quantitative estimate of drug-likeness (QED) is 0.834. The Morgan fingerprint density at radius 2 is 2.12 bits per heavy atom. The van der Waals surface area contributed by atoms with Crippen molar-refractivity contribution in [2.24, 2.45) is 0 Å². The summed E-state index contributed by atoms with van der Waals surface area (Å²) in [5.41, 5.74) is 0.370. The van der Waals surface area contributed by atoms with Crippen molar-refractivity contribution in [3.63, 3.8) is 0 Å². The number of fused-ring (bicyclic) bond motifs is 1. The topological polar surface area (TPSA) is 76.0 Å². The molecule has 1 aliphatic heterocycles. The average Bonchev–Trinajstić information content (AvgIpc) is 2.87. The Kier molecular flexibility index (Phi) is 1.98. The Labute approximate surface area is 97.6 Å². The third-order valence-corrected chi connectivity index (χ3v) is 3.37. The summed E-state index contributed by atoms with van der Waals surface area (Å²) in [6.45, 7) is 0.120. The van der Waals surface area contributed by atoms with Crippen LogP contribution in [0.4, 0.5) is 0 Å². The maximum atomic E-state index is 10.9. The number of carboxylic acid groups (broad SMARTS) is 1. The van der Waals surface area contributed by atoms with Gasteiger partial charge in [-0.3, -0.25) is 4.79 Å². The molecule has 5 heteroatoms. The molecule has 0 saturated heterocycles. The van der Waals surface area contributed by atoms with Crippen molar-refractivity contribution < 1.29 is 24.5 Å². The van der Waals surface area contributed by atoms with E-state index in [1.807, 2.05) is 0 Å². The van der Waals surface area contributed by atoms with E-state index in [0.717, 1.165) is 18.4 Å². The molecule has 1 aromatic carbocycles. The monoisotopic (exact) mass is 236 g/mol. The third-order valence-electron chi connectivity index (χ3n) is 3.37. The van der Waals surface area contributed by atoms with Gasteiger partial charge in [0.2, 0.25) is 6.79 Å². The maximum absolute atomic E-state index is 10.9. The molecule has 0 radical (unpaired) electrons. The van der Waals surface area contributed by atoms with Crippen molar-refractivity contribution in [2.75, 3.05) is 6.79 Å². The number of aromatic hydroxyl groups is 1. The molecule has 1 saturated carbocycles. The molecule has 0 amide bonds. The molecule has 2 N–H and O–H groups in total. The Morgan fingerprint density at radius 3 is 2.76 bits per heavy atom. The summed E-state index contributed by atoms with van der Waals surface area (Å²) in [4.78, 5) is 10.9. The Bertz CT molecular complexity index is 490. The molecule has 0 bridgehead atoms. The van der Waals surface area contributed by atoms with Gasteiger partial charge in [0.15, 0.2) is 11.5 Å². The first-order valence-corrected chi connectivity index (χ1v) is 5.46. The van der Waals surface area contributed by atoms with E-state index >= 15 is 0 Å². The van der Waals surface area contributed by atoms with Gasteiger partial charge in [-0.25, -0.2) is 0 Å². The van der Waals surface area contributed by atoms with E-state index in [9.17, 15) is 9.90 Å². The molecular weight excluding hydrogens is 224 g/mol. The van der Waals surface area contributed by atoms with Gasteiger partial charge in [-0.15, -0.1) is 0 Å².